The molecule has 2 saturated heterocycles. The van der Waals surface area contributed by atoms with Gasteiger partial charge in [-0.1, -0.05) is 66.5 Å². The Morgan fingerprint density at radius 3 is 2.51 bits per heavy atom. The molecule has 5 amide bonds. The van der Waals surface area contributed by atoms with Gasteiger partial charge in [-0.15, -0.1) is 0 Å². The van der Waals surface area contributed by atoms with E-state index in [2.05, 4.69) is 32.5 Å². The monoisotopic (exact) mass is 968 g/mol. The van der Waals surface area contributed by atoms with E-state index in [4.69, 9.17) is 23.7 Å². The number of amides is 5. The standard InChI is InChI=1S/C51H52N8O10S/c1-4-22-67-51(64)59-38-28-40(39(65-3)27-35(38)48(63)58-21-10-8-17-37(58)49(59)69-44-18-9-11-23-66-44)68-30-32-14-12-13-31(24-32)25-43(60)54-42-29-57(2)45(55-42)47(62)56-50-53-36-26-33(19-20-41(36)70-50)46(61)52-34-15-6-5-7-16-34/h4-7,12-16,19-20,24,26-29,37,44,49H,1,8-11,17-18,21-23,25,30H2,2-3H3,(H,52,61)(H,54,60)(H,53,56,62)/t37-,44?,49?/m0/s1. The van der Waals surface area contributed by atoms with Crippen molar-refractivity contribution < 1.29 is 47.7 Å². The van der Waals surface area contributed by atoms with Crippen molar-refractivity contribution in [1.29, 1.82) is 0 Å². The molecular formula is C51H52N8O10S. The van der Waals surface area contributed by atoms with Gasteiger partial charge in [-0.25, -0.2) is 19.7 Å². The second-order valence-electron chi connectivity index (χ2n) is 17.0. The van der Waals surface area contributed by atoms with Crippen molar-refractivity contribution in [1.82, 2.24) is 19.4 Å². The third kappa shape index (κ3) is 10.7. The van der Waals surface area contributed by atoms with E-state index >= 15 is 0 Å². The highest BCUT2D eigenvalue weighted by molar-refractivity contribution is 7.22. The van der Waals surface area contributed by atoms with E-state index in [-0.39, 0.29) is 71.7 Å². The Bertz CT molecular complexity index is 2930. The van der Waals surface area contributed by atoms with Crippen LogP contribution in [0.25, 0.3) is 10.2 Å². The quantitative estimate of drug-likeness (QED) is 0.0832. The lowest BCUT2D eigenvalue weighted by atomic mass is 10.00. The van der Waals surface area contributed by atoms with Gasteiger partial charge < -0.3 is 43.8 Å². The highest BCUT2D eigenvalue weighted by Gasteiger charge is 2.47. The number of aryl methyl sites for hydroxylation is 1. The Morgan fingerprint density at radius 2 is 1.71 bits per heavy atom. The molecule has 5 heterocycles. The summed E-state index contributed by atoms with van der Waals surface area (Å²) in [6.07, 6.45) is 5.56. The molecule has 18 nitrogen and oxygen atoms in total. The molecule has 9 rings (SSSR count). The third-order valence-electron chi connectivity index (χ3n) is 12.1. The minimum Gasteiger partial charge on any atom is -0.493 e. The number of anilines is 4. The lowest BCUT2D eigenvalue weighted by molar-refractivity contribution is -0.198. The molecule has 0 bridgehead atoms. The minimum atomic E-state index is -0.910. The van der Waals surface area contributed by atoms with Gasteiger partial charge in [0.25, 0.3) is 17.7 Å². The highest BCUT2D eigenvalue weighted by Crippen LogP contribution is 2.43. The number of hydrogen-bond donors (Lipinski definition) is 3. The molecule has 3 aliphatic rings. The number of hydrogen-bond acceptors (Lipinski definition) is 13. The van der Waals surface area contributed by atoms with Gasteiger partial charge >= 0.3 is 6.09 Å². The van der Waals surface area contributed by atoms with Gasteiger partial charge in [0.1, 0.15) is 13.2 Å². The molecule has 0 aliphatic carbocycles. The summed E-state index contributed by atoms with van der Waals surface area (Å²) in [4.78, 5) is 80.1. The van der Waals surface area contributed by atoms with Crippen LogP contribution in [0.4, 0.5) is 27.1 Å². The maximum Gasteiger partial charge on any atom is 0.416 e. The molecule has 3 N–H and O–H groups in total. The average molecular weight is 969 g/mol. The molecule has 3 aliphatic heterocycles. The Balaban J connectivity index is 0.864. The van der Waals surface area contributed by atoms with Crippen molar-refractivity contribution in [3.8, 4) is 11.5 Å². The van der Waals surface area contributed by atoms with E-state index in [1.54, 1.807) is 54.4 Å². The lowest BCUT2D eigenvalue weighted by Crippen LogP contribution is -2.57. The van der Waals surface area contributed by atoms with Gasteiger partial charge in [0.05, 0.1) is 41.0 Å². The summed E-state index contributed by atoms with van der Waals surface area (Å²) in [5.74, 6) is -0.666. The maximum atomic E-state index is 14.4. The zero-order valence-electron chi connectivity index (χ0n) is 38.7. The molecule has 19 heteroatoms. The average Bonchev–Trinajstić information content (AvgIpc) is 3.93. The summed E-state index contributed by atoms with van der Waals surface area (Å²) in [6, 6.07) is 24.3. The van der Waals surface area contributed by atoms with Gasteiger partial charge in [-0.05, 0) is 86.1 Å². The number of imidazole rings is 1. The molecule has 2 aromatic heterocycles. The zero-order valence-corrected chi connectivity index (χ0v) is 39.5. The van der Waals surface area contributed by atoms with Gasteiger partial charge in [0.15, 0.2) is 35.0 Å². The predicted octanol–water partition coefficient (Wildman–Crippen LogP) is 8.31. The summed E-state index contributed by atoms with van der Waals surface area (Å²) in [7, 11) is 3.12. The van der Waals surface area contributed by atoms with Crippen molar-refractivity contribution in [2.24, 2.45) is 7.05 Å². The fourth-order valence-electron chi connectivity index (χ4n) is 8.79. The Kier molecular flexibility index (Phi) is 14.5. The van der Waals surface area contributed by atoms with E-state index < -0.39 is 30.6 Å². The van der Waals surface area contributed by atoms with E-state index in [1.807, 2.05) is 42.5 Å². The van der Waals surface area contributed by atoms with Gasteiger partial charge in [0.2, 0.25) is 11.7 Å². The predicted molar refractivity (Wildman–Crippen MR) is 262 cm³/mol. The van der Waals surface area contributed by atoms with Crippen molar-refractivity contribution in [3.05, 3.63) is 132 Å². The van der Waals surface area contributed by atoms with Crippen LogP contribution in [0, 0.1) is 0 Å². The number of carbonyl (C=O) groups excluding carboxylic acids is 5. The molecule has 70 heavy (non-hydrogen) atoms. The molecular weight excluding hydrogens is 917 g/mol. The third-order valence-corrected chi connectivity index (χ3v) is 13.1. The minimum absolute atomic E-state index is 0.0150. The first kappa shape index (κ1) is 47.5. The largest absolute Gasteiger partial charge is 0.493 e. The zero-order chi connectivity index (χ0) is 48.7. The first-order valence-electron chi connectivity index (χ1n) is 23.0. The van der Waals surface area contributed by atoms with Crippen molar-refractivity contribution in [2.45, 2.75) is 70.1 Å². The molecule has 0 spiro atoms. The fourth-order valence-corrected chi connectivity index (χ4v) is 9.63. The molecule has 6 aromatic rings. The second-order valence-corrected chi connectivity index (χ2v) is 18.0. The number of thiazole rings is 1. The van der Waals surface area contributed by atoms with Crippen LogP contribution in [0.2, 0.25) is 0 Å². The number of nitrogens with zero attached hydrogens (tertiary/aromatic N) is 5. The van der Waals surface area contributed by atoms with Crippen LogP contribution < -0.4 is 30.3 Å². The summed E-state index contributed by atoms with van der Waals surface area (Å²) in [5.41, 5.74) is 3.54. The SMILES string of the molecule is C=CCOC(=O)N1c2cc(OCc3cccc(CC(=O)Nc4cn(C)c(C(=O)Nc5nc6cc(C(=O)Nc7ccccc7)ccc6s5)n4)c3)c(OC)cc2C(=O)N2CCCC[C@H]2C1OC1CCCCO1. The van der Waals surface area contributed by atoms with Crippen LogP contribution in [0.15, 0.2) is 104 Å². The summed E-state index contributed by atoms with van der Waals surface area (Å²) in [5, 5.41) is 8.74. The molecule has 0 saturated carbocycles. The number of piperidine rings is 1. The fraction of sp³-hybridized carbons (Fsp3) is 0.314. The Hall–Kier alpha value is -7.61. The van der Waals surface area contributed by atoms with Gasteiger partial charge in [-0.2, -0.15) is 0 Å². The van der Waals surface area contributed by atoms with Crippen molar-refractivity contribution in [3.63, 3.8) is 0 Å². The number of fused-ring (bicyclic) bond motifs is 3. The van der Waals surface area contributed by atoms with Crippen LogP contribution in [0.1, 0.15) is 81.0 Å². The number of ether oxygens (including phenoxy) is 5. The van der Waals surface area contributed by atoms with Crippen molar-refractivity contribution >= 4 is 73.6 Å². The topological polar surface area (TPSA) is 205 Å². The van der Waals surface area contributed by atoms with Crippen LogP contribution in [0.5, 0.6) is 11.5 Å². The number of aromatic nitrogens is 3. The smallest absolute Gasteiger partial charge is 0.416 e. The first-order chi connectivity index (χ1) is 34.0. The molecule has 4 aromatic carbocycles. The Labute approximate surface area is 407 Å². The summed E-state index contributed by atoms with van der Waals surface area (Å²) < 4.78 is 32.7. The Morgan fingerprint density at radius 1 is 0.886 bits per heavy atom. The molecule has 2 fully saturated rings. The van der Waals surface area contributed by atoms with Crippen LogP contribution in [0.3, 0.4) is 0 Å². The highest BCUT2D eigenvalue weighted by atomic mass is 32.1. The first-order valence-corrected chi connectivity index (χ1v) is 23.9. The van der Waals surface area contributed by atoms with Crippen LogP contribution in [-0.4, -0.2) is 94.6 Å². The van der Waals surface area contributed by atoms with Gasteiger partial charge in [0, 0.05) is 43.7 Å². The van der Waals surface area contributed by atoms with E-state index in [0.29, 0.717) is 53.5 Å². The number of rotatable bonds is 15. The maximum absolute atomic E-state index is 14.4. The summed E-state index contributed by atoms with van der Waals surface area (Å²) >= 11 is 1.25. The molecule has 362 valence electrons. The van der Waals surface area contributed by atoms with Crippen LogP contribution in [-0.2, 0) is 39.1 Å². The number of methoxy groups -OCH3 is 1. The molecule has 3 atom stereocenters. The second kappa shape index (κ2) is 21.4. The number of carbonyl (C=O) groups is 5. The van der Waals surface area contributed by atoms with E-state index in [1.165, 1.54) is 40.2 Å². The number of para-hydroxylation sites is 1. The number of benzene rings is 4. The van der Waals surface area contributed by atoms with Gasteiger partial charge in [-0.3, -0.25) is 24.5 Å². The van der Waals surface area contributed by atoms with E-state index in [0.717, 1.165) is 35.9 Å². The lowest BCUT2D eigenvalue weighted by Gasteiger charge is -2.42. The number of nitrogens with one attached hydrogen (secondary N) is 3. The normalized spacial score (nSPS) is 17.7. The summed E-state index contributed by atoms with van der Waals surface area (Å²) in [6.45, 7) is 4.72. The van der Waals surface area contributed by atoms with Crippen molar-refractivity contribution in [2.75, 3.05) is 47.7 Å². The van der Waals surface area contributed by atoms with Crippen LogP contribution >= 0.6 is 11.3 Å². The molecule has 2 unspecified atom stereocenters. The van der Waals surface area contributed by atoms with E-state index in [9.17, 15) is 24.0 Å². The molecule has 0 radical (unpaired) electrons.